The maximum atomic E-state index is 11.1. The first-order chi connectivity index (χ1) is 6.64. The number of aliphatic carboxylic acids is 1. The quantitative estimate of drug-likeness (QED) is 0.778. The fourth-order valence-electron chi connectivity index (χ4n) is 2.20. The maximum absolute atomic E-state index is 11.1. The summed E-state index contributed by atoms with van der Waals surface area (Å²) >= 11 is 0. The first-order valence-corrected chi connectivity index (χ1v) is 4.93. The second kappa shape index (κ2) is 3.12. The van der Waals surface area contributed by atoms with Crippen LogP contribution in [0.2, 0.25) is 0 Å². The molecular formula is C12H14O2. The van der Waals surface area contributed by atoms with Crippen LogP contribution in [0.4, 0.5) is 0 Å². The molecule has 0 heterocycles. The number of carbonyl (C=O) groups is 1. The average molecular weight is 190 g/mol. The predicted molar refractivity (Wildman–Crippen MR) is 54.2 cm³/mol. The molecule has 0 bridgehead atoms. The van der Waals surface area contributed by atoms with Crippen molar-refractivity contribution in [2.45, 2.75) is 25.7 Å². The average Bonchev–Trinajstić information content (AvgIpc) is 2.16. The van der Waals surface area contributed by atoms with Crippen molar-refractivity contribution in [1.29, 1.82) is 0 Å². The summed E-state index contributed by atoms with van der Waals surface area (Å²) in [7, 11) is 0. The van der Waals surface area contributed by atoms with E-state index in [1.807, 2.05) is 37.3 Å². The number of hydrogen-bond donors (Lipinski definition) is 1. The third-order valence-corrected chi connectivity index (χ3v) is 3.41. The second-order valence-electron chi connectivity index (χ2n) is 4.22. The fraction of sp³-hybridized carbons (Fsp3) is 0.417. The number of benzene rings is 1. The maximum Gasteiger partial charge on any atom is 0.309 e. The number of carboxylic acid groups (broad SMARTS) is 1. The van der Waals surface area contributed by atoms with E-state index in [0.29, 0.717) is 0 Å². The molecule has 2 nitrogen and oxygen atoms in total. The van der Waals surface area contributed by atoms with Gasteiger partial charge < -0.3 is 5.11 Å². The zero-order valence-electron chi connectivity index (χ0n) is 8.23. The molecule has 74 valence electrons. The van der Waals surface area contributed by atoms with Gasteiger partial charge in [-0.15, -0.1) is 0 Å². The first-order valence-electron chi connectivity index (χ1n) is 4.93. The minimum absolute atomic E-state index is 0.196. The first kappa shape index (κ1) is 9.25. The molecule has 2 rings (SSSR count). The molecule has 0 amide bonds. The summed E-state index contributed by atoms with van der Waals surface area (Å²) in [5.41, 5.74) is 0.616. The van der Waals surface area contributed by atoms with Crippen LogP contribution in [0.1, 0.15) is 31.2 Å². The van der Waals surface area contributed by atoms with Gasteiger partial charge in [-0.05, 0) is 31.2 Å². The Morgan fingerprint density at radius 3 is 2.50 bits per heavy atom. The third kappa shape index (κ3) is 1.22. The Balaban J connectivity index is 2.26. The summed E-state index contributed by atoms with van der Waals surface area (Å²) in [6.07, 6.45) is 1.79. The van der Waals surface area contributed by atoms with E-state index in [4.69, 9.17) is 5.11 Å². The third-order valence-electron chi connectivity index (χ3n) is 3.41. The smallest absolute Gasteiger partial charge is 0.309 e. The van der Waals surface area contributed by atoms with Crippen LogP contribution in [-0.4, -0.2) is 11.1 Å². The second-order valence-corrected chi connectivity index (χ2v) is 4.22. The van der Waals surface area contributed by atoms with E-state index in [1.54, 1.807) is 0 Å². The molecule has 0 unspecified atom stereocenters. The number of rotatable bonds is 2. The molecule has 1 aliphatic rings. The summed E-state index contributed by atoms with van der Waals surface area (Å²) in [5, 5.41) is 9.12. The standard InChI is InChI=1S/C12H14O2/c1-12(11(13)14)8-7-10(12)9-5-3-2-4-6-9/h2-6,10H,7-8H2,1H3,(H,13,14)/t10-,12-/m0/s1. The van der Waals surface area contributed by atoms with Gasteiger partial charge in [0.15, 0.2) is 0 Å². The highest BCUT2D eigenvalue weighted by Gasteiger charge is 2.49. The zero-order valence-corrected chi connectivity index (χ0v) is 8.23. The van der Waals surface area contributed by atoms with Crippen LogP contribution in [0.15, 0.2) is 30.3 Å². The molecular weight excluding hydrogens is 176 g/mol. The van der Waals surface area contributed by atoms with E-state index in [1.165, 1.54) is 0 Å². The van der Waals surface area contributed by atoms with Gasteiger partial charge in [-0.25, -0.2) is 0 Å². The lowest BCUT2D eigenvalue weighted by atomic mass is 9.59. The summed E-state index contributed by atoms with van der Waals surface area (Å²) in [6.45, 7) is 1.84. The molecule has 1 N–H and O–H groups in total. The summed E-state index contributed by atoms with van der Waals surface area (Å²) in [4.78, 5) is 11.1. The molecule has 14 heavy (non-hydrogen) atoms. The van der Waals surface area contributed by atoms with Crippen molar-refractivity contribution >= 4 is 5.97 Å². The summed E-state index contributed by atoms with van der Waals surface area (Å²) in [6, 6.07) is 9.93. The molecule has 1 aromatic carbocycles. The predicted octanol–water partition coefficient (Wildman–Crippen LogP) is 2.65. The largest absolute Gasteiger partial charge is 0.481 e. The lowest BCUT2D eigenvalue weighted by Gasteiger charge is -2.43. The van der Waals surface area contributed by atoms with Crippen LogP contribution in [0.3, 0.4) is 0 Å². The van der Waals surface area contributed by atoms with Crippen molar-refractivity contribution in [3.8, 4) is 0 Å². The normalized spacial score (nSPS) is 30.8. The van der Waals surface area contributed by atoms with E-state index < -0.39 is 11.4 Å². The molecule has 0 aromatic heterocycles. The highest BCUT2D eigenvalue weighted by Crippen LogP contribution is 2.52. The van der Waals surface area contributed by atoms with Crippen LogP contribution in [0, 0.1) is 5.41 Å². The lowest BCUT2D eigenvalue weighted by Crippen LogP contribution is -2.42. The molecule has 0 saturated heterocycles. The van der Waals surface area contributed by atoms with E-state index in [-0.39, 0.29) is 5.92 Å². The molecule has 1 fully saturated rings. The van der Waals surface area contributed by atoms with Crippen molar-refractivity contribution in [1.82, 2.24) is 0 Å². The Bertz CT molecular complexity index is 345. The van der Waals surface area contributed by atoms with Crippen molar-refractivity contribution in [3.63, 3.8) is 0 Å². The van der Waals surface area contributed by atoms with Gasteiger partial charge in [-0.1, -0.05) is 30.3 Å². The van der Waals surface area contributed by atoms with Crippen LogP contribution in [-0.2, 0) is 4.79 Å². The van der Waals surface area contributed by atoms with Crippen LogP contribution in [0.25, 0.3) is 0 Å². The molecule has 0 radical (unpaired) electrons. The van der Waals surface area contributed by atoms with Crippen LogP contribution < -0.4 is 0 Å². The van der Waals surface area contributed by atoms with Crippen LogP contribution >= 0.6 is 0 Å². The van der Waals surface area contributed by atoms with Gasteiger partial charge in [0.05, 0.1) is 5.41 Å². The van der Waals surface area contributed by atoms with Crippen molar-refractivity contribution in [2.24, 2.45) is 5.41 Å². The van der Waals surface area contributed by atoms with Crippen molar-refractivity contribution < 1.29 is 9.90 Å². The highest BCUT2D eigenvalue weighted by atomic mass is 16.4. The molecule has 0 aliphatic heterocycles. The molecule has 2 heteroatoms. The number of carboxylic acids is 1. The van der Waals surface area contributed by atoms with Gasteiger partial charge in [0.2, 0.25) is 0 Å². The van der Waals surface area contributed by atoms with Gasteiger partial charge in [0.1, 0.15) is 0 Å². The molecule has 0 spiro atoms. The Morgan fingerprint density at radius 1 is 1.43 bits per heavy atom. The van der Waals surface area contributed by atoms with Gasteiger partial charge in [-0.3, -0.25) is 4.79 Å². The topological polar surface area (TPSA) is 37.3 Å². The summed E-state index contributed by atoms with van der Waals surface area (Å²) in [5.74, 6) is -0.473. The van der Waals surface area contributed by atoms with Gasteiger partial charge >= 0.3 is 5.97 Å². The monoisotopic (exact) mass is 190 g/mol. The van der Waals surface area contributed by atoms with Crippen LogP contribution in [0.5, 0.6) is 0 Å². The molecule has 2 atom stereocenters. The molecule has 1 aromatic rings. The minimum Gasteiger partial charge on any atom is -0.481 e. The van der Waals surface area contributed by atoms with E-state index in [2.05, 4.69) is 0 Å². The Kier molecular flexibility index (Phi) is 2.06. The fourth-order valence-corrected chi connectivity index (χ4v) is 2.20. The number of hydrogen-bond acceptors (Lipinski definition) is 1. The van der Waals surface area contributed by atoms with Gasteiger partial charge in [0, 0.05) is 0 Å². The SMILES string of the molecule is C[C@]1(C(=O)O)CC[C@H]1c1ccccc1. The lowest BCUT2D eigenvalue weighted by molar-refractivity contribution is -0.155. The minimum atomic E-state index is -0.669. The zero-order chi connectivity index (χ0) is 10.2. The van der Waals surface area contributed by atoms with Gasteiger partial charge in [-0.2, -0.15) is 0 Å². The van der Waals surface area contributed by atoms with E-state index >= 15 is 0 Å². The summed E-state index contributed by atoms with van der Waals surface area (Å²) < 4.78 is 0. The highest BCUT2D eigenvalue weighted by molar-refractivity contribution is 5.77. The Morgan fingerprint density at radius 2 is 2.07 bits per heavy atom. The van der Waals surface area contributed by atoms with E-state index in [0.717, 1.165) is 18.4 Å². The molecule has 1 saturated carbocycles. The van der Waals surface area contributed by atoms with Crippen molar-refractivity contribution in [2.75, 3.05) is 0 Å². The Hall–Kier alpha value is -1.31. The van der Waals surface area contributed by atoms with Gasteiger partial charge in [0.25, 0.3) is 0 Å². The Labute approximate surface area is 83.6 Å². The van der Waals surface area contributed by atoms with Crippen molar-refractivity contribution in [3.05, 3.63) is 35.9 Å². The molecule has 1 aliphatic carbocycles. The van der Waals surface area contributed by atoms with E-state index in [9.17, 15) is 4.79 Å².